The van der Waals surface area contributed by atoms with Gasteiger partial charge >= 0.3 is 0 Å². The number of nitro benzene ring substituents is 1. The standard InChI is InChI=1S/C9H11IN2O2/c1-6(11)4-7-2-3-8(12(13)14)5-9(7)10/h2-3,5-6H,4,11H2,1H3/t6-/m1/s1. The summed E-state index contributed by atoms with van der Waals surface area (Å²) in [6, 6.07) is 4.92. The molecule has 0 aliphatic rings. The largest absolute Gasteiger partial charge is 0.328 e. The van der Waals surface area contributed by atoms with Gasteiger partial charge in [0.05, 0.1) is 4.92 Å². The smallest absolute Gasteiger partial charge is 0.270 e. The predicted molar refractivity (Wildman–Crippen MR) is 63.2 cm³/mol. The monoisotopic (exact) mass is 306 g/mol. The molecular formula is C9H11IN2O2. The van der Waals surface area contributed by atoms with Crippen molar-refractivity contribution in [2.45, 2.75) is 19.4 Å². The Labute approximate surface area is 95.8 Å². The van der Waals surface area contributed by atoms with Crippen LogP contribution in [-0.2, 0) is 6.42 Å². The van der Waals surface area contributed by atoms with Gasteiger partial charge in [-0.15, -0.1) is 0 Å². The number of hydrogen-bond donors (Lipinski definition) is 1. The molecule has 2 N–H and O–H groups in total. The molecular weight excluding hydrogens is 295 g/mol. The Hall–Kier alpha value is -0.690. The van der Waals surface area contributed by atoms with Gasteiger partial charge in [-0.3, -0.25) is 10.1 Å². The van der Waals surface area contributed by atoms with Crippen molar-refractivity contribution in [3.63, 3.8) is 0 Å². The van der Waals surface area contributed by atoms with Gasteiger partial charge in [-0.05, 0) is 41.5 Å². The molecule has 14 heavy (non-hydrogen) atoms. The highest BCUT2D eigenvalue weighted by Gasteiger charge is 2.09. The van der Waals surface area contributed by atoms with Crippen LogP contribution in [0.1, 0.15) is 12.5 Å². The van der Waals surface area contributed by atoms with Crippen LogP contribution >= 0.6 is 22.6 Å². The molecule has 4 nitrogen and oxygen atoms in total. The van der Waals surface area contributed by atoms with E-state index in [1.807, 2.05) is 6.92 Å². The molecule has 0 aromatic heterocycles. The van der Waals surface area contributed by atoms with Crippen LogP contribution in [0.5, 0.6) is 0 Å². The molecule has 1 atom stereocenters. The van der Waals surface area contributed by atoms with Gasteiger partial charge in [-0.1, -0.05) is 6.07 Å². The zero-order valence-electron chi connectivity index (χ0n) is 7.74. The summed E-state index contributed by atoms with van der Waals surface area (Å²) in [6.45, 7) is 1.91. The average molecular weight is 306 g/mol. The SMILES string of the molecule is C[C@@H](N)Cc1ccc([N+](=O)[O-])cc1I. The van der Waals surface area contributed by atoms with E-state index in [1.165, 1.54) is 6.07 Å². The van der Waals surface area contributed by atoms with Crippen LogP contribution in [0.15, 0.2) is 18.2 Å². The average Bonchev–Trinajstić information content (AvgIpc) is 2.07. The Kier molecular flexibility index (Phi) is 3.82. The maximum absolute atomic E-state index is 10.5. The predicted octanol–water partition coefficient (Wildman–Crippen LogP) is 2.09. The second-order valence-electron chi connectivity index (χ2n) is 3.21. The molecule has 0 aliphatic carbocycles. The molecule has 5 heteroatoms. The molecule has 0 amide bonds. The molecule has 0 radical (unpaired) electrons. The van der Waals surface area contributed by atoms with Crippen LogP contribution in [-0.4, -0.2) is 11.0 Å². The van der Waals surface area contributed by atoms with Gasteiger partial charge < -0.3 is 5.73 Å². The number of nitro groups is 1. The fourth-order valence-corrected chi connectivity index (χ4v) is 1.88. The maximum Gasteiger partial charge on any atom is 0.270 e. The first-order valence-corrected chi connectivity index (χ1v) is 5.27. The van der Waals surface area contributed by atoms with Crippen molar-refractivity contribution in [1.29, 1.82) is 0 Å². The second-order valence-corrected chi connectivity index (χ2v) is 4.38. The Balaban J connectivity index is 2.95. The van der Waals surface area contributed by atoms with Crippen molar-refractivity contribution in [2.24, 2.45) is 5.73 Å². The number of non-ortho nitro benzene ring substituents is 1. The van der Waals surface area contributed by atoms with Crippen molar-refractivity contribution in [3.8, 4) is 0 Å². The number of nitrogens with two attached hydrogens (primary N) is 1. The Morgan fingerprint density at radius 3 is 2.71 bits per heavy atom. The minimum Gasteiger partial charge on any atom is -0.328 e. The highest BCUT2D eigenvalue weighted by Crippen LogP contribution is 2.20. The lowest BCUT2D eigenvalue weighted by Crippen LogP contribution is -2.18. The van der Waals surface area contributed by atoms with Crippen LogP contribution in [0.2, 0.25) is 0 Å². The number of nitrogens with zero attached hydrogens (tertiary/aromatic N) is 1. The molecule has 1 rings (SSSR count). The molecule has 0 saturated carbocycles. The number of halogens is 1. The van der Waals surface area contributed by atoms with Crippen LogP contribution < -0.4 is 5.73 Å². The third-order valence-corrected chi connectivity index (χ3v) is 2.79. The maximum atomic E-state index is 10.5. The normalized spacial score (nSPS) is 12.5. The first-order chi connectivity index (χ1) is 6.50. The highest BCUT2D eigenvalue weighted by molar-refractivity contribution is 14.1. The molecule has 0 heterocycles. The highest BCUT2D eigenvalue weighted by atomic mass is 127. The molecule has 0 spiro atoms. The summed E-state index contributed by atoms with van der Waals surface area (Å²) in [6.07, 6.45) is 0.746. The molecule has 0 aliphatic heterocycles. The van der Waals surface area contributed by atoms with Gasteiger partial charge in [0, 0.05) is 21.7 Å². The number of hydrogen-bond acceptors (Lipinski definition) is 3. The molecule has 1 aromatic carbocycles. The third-order valence-electron chi connectivity index (χ3n) is 1.79. The van der Waals surface area contributed by atoms with Crippen molar-refractivity contribution < 1.29 is 4.92 Å². The van der Waals surface area contributed by atoms with Gasteiger partial charge in [0.1, 0.15) is 0 Å². The van der Waals surface area contributed by atoms with E-state index < -0.39 is 4.92 Å². The number of rotatable bonds is 3. The lowest BCUT2D eigenvalue weighted by molar-refractivity contribution is -0.385. The van der Waals surface area contributed by atoms with Crippen LogP contribution in [0.25, 0.3) is 0 Å². The number of benzene rings is 1. The van der Waals surface area contributed by atoms with E-state index >= 15 is 0 Å². The van der Waals surface area contributed by atoms with E-state index in [2.05, 4.69) is 22.6 Å². The van der Waals surface area contributed by atoms with E-state index in [0.29, 0.717) is 0 Å². The van der Waals surface area contributed by atoms with Gasteiger partial charge in [-0.2, -0.15) is 0 Å². The minimum absolute atomic E-state index is 0.0740. The summed E-state index contributed by atoms with van der Waals surface area (Å²) < 4.78 is 0.897. The van der Waals surface area contributed by atoms with Gasteiger partial charge in [0.25, 0.3) is 5.69 Å². The van der Waals surface area contributed by atoms with Gasteiger partial charge in [-0.25, -0.2) is 0 Å². The Morgan fingerprint density at radius 1 is 1.64 bits per heavy atom. The molecule has 1 aromatic rings. The molecule has 0 saturated heterocycles. The molecule has 0 unspecified atom stereocenters. The zero-order valence-corrected chi connectivity index (χ0v) is 9.89. The summed E-state index contributed by atoms with van der Waals surface area (Å²) >= 11 is 2.09. The van der Waals surface area contributed by atoms with Crippen LogP contribution in [0, 0.1) is 13.7 Å². The summed E-state index contributed by atoms with van der Waals surface area (Å²) in [5.41, 5.74) is 6.84. The van der Waals surface area contributed by atoms with Crippen LogP contribution in [0.4, 0.5) is 5.69 Å². The van der Waals surface area contributed by atoms with E-state index in [1.54, 1.807) is 12.1 Å². The van der Waals surface area contributed by atoms with Crippen molar-refractivity contribution >= 4 is 28.3 Å². The van der Waals surface area contributed by atoms with E-state index in [-0.39, 0.29) is 11.7 Å². The zero-order chi connectivity index (χ0) is 10.7. The minimum atomic E-state index is -0.391. The van der Waals surface area contributed by atoms with Crippen molar-refractivity contribution in [2.75, 3.05) is 0 Å². The topological polar surface area (TPSA) is 69.2 Å². The second kappa shape index (κ2) is 4.70. The quantitative estimate of drug-likeness (QED) is 0.528. The van der Waals surface area contributed by atoms with Gasteiger partial charge in [0.2, 0.25) is 0 Å². The summed E-state index contributed by atoms with van der Waals surface area (Å²) in [4.78, 5) is 10.1. The molecule has 0 fully saturated rings. The fraction of sp³-hybridized carbons (Fsp3) is 0.333. The molecule has 76 valence electrons. The van der Waals surface area contributed by atoms with Crippen molar-refractivity contribution in [3.05, 3.63) is 37.4 Å². The van der Waals surface area contributed by atoms with Gasteiger partial charge in [0.15, 0.2) is 0 Å². The van der Waals surface area contributed by atoms with Crippen molar-refractivity contribution in [1.82, 2.24) is 0 Å². The van der Waals surface area contributed by atoms with E-state index in [0.717, 1.165) is 15.6 Å². The van der Waals surface area contributed by atoms with E-state index in [4.69, 9.17) is 5.73 Å². The fourth-order valence-electron chi connectivity index (χ4n) is 1.16. The molecule has 0 bridgehead atoms. The summed E-state index contributed by atoms with van der Waals surface area (Å²) in [5, 5.41) is 10.5. The first kappa shape index (κ1) is 11.4. The van der Waals surface area contributed by atoms with Crippen LogP contribution in [0.3, 0.4) is 0 Å². The Morgan fingerprint density at radius 2 is 2.29 bits per heavy atom. The summed E-state index contributed by atoms with van der Waals surface area (Å²) in [5.74, 6) is 0. The van der Waals surface area contributed by atoms with E-state index in [9.17, 15) is 10.1 Å². The third kappa shape index (κ3) is 2.91. The lowest BCUT2D eigenvalue weighted by Gasteiger charge is -2.06. The first-order valence-electron chi connectivity index (χ1n) is 4.19. The summed E-state index contributed by atoms with van der Waals surface area (Å²) in [7, 11) is 0. The lowest BCUT2D eigenvalue weighted by atomic mass is 10.1. The Bertz CT molecular complexity index is 353.